The van der Waals surface area contributed by atoms with Crippen LogP contribution in [0.1, 0.15) is 44.1 Å². The molecule has 0 radical (unpaired) electrons. The summed E-state index contributed by atoms with van der Waals surface area (Å²) in [6, 6.07) is 8.06. The van der Waals surface area contributed by atoms with E-state index in [9.17, 15) is 10.4 Å². The summed E-state index contributed by atoms with van der Waals surface area (Å²) < 4.78 is 3.52. The maximum Gasteiger partial charge on any atom is 0.169 e. The van der Waals surface area contributed by atoms with Gasteiger partial charge in [0.15, 0.2) is 11.5 Å². The first-order chi connectivity index (χ1) is 12.5. The summed E-state index contributed by atoms with van der Waals surface area (Å²) in [6.45, 7) is 5.11. The normalized spacial score (nSPS) is 20.7. The van der Waals surface area contributed by atoms with Gasteiger partial charge < -0.3 is 10.0 Å². The number of nitriles is 1. The topological polar surface area (TPSA) is 95.3 Å². The van der Waals surface area contributed by atoms with Gasteiger partial charge in [-0.05, 0) is 38.8 Å². The lowest BCUT2D eigenvalue weighted by molar-refractivity contribution is 0.0174. The van der Waals surface area contributed by atoms with E-state index in [-0.39, 0.29) is 6.04 Å². The second-order valence-corrected chi connectivity index (χ2v) is 7.06. The second-order valence-electron chi connectivity index (χ2n) is 7.06. The van der Waals surface area contributed by atoms with Crippen molar-refractivity contribution in [1.82, 2.24) is 24.4 Å². The summed E-state index contributed by atoms with van der Waals surface area (Å²) >= 11 is 0. The summed E-state index contributed by atoms with van der Waals surface area (Å²) in [5.41, 5.74) is 0.668. The predicted octanol–water partition coefficient (Wildman–Crippen LogP) is 1.87. The van der Waals surface area contributed by atoms with Crippen LogP contribution in [0.2, 0.25) is 0 Å². The Kier molecular flexibility index (Phi) is 3.89. The van der Waals surface area contributed by atoms with E-state index in [0.717, 1.165) is 18.6 Å². The van der Waals surface area contributed by atoms with E-state index < -0.39 is 5.60 Å². The Bertz CT molecular complexity index is 983. The molecular formula is C18H21N7O. The van der Waals surface area contributed by atoms with Crippen LogP contribution < -0.4 is 4.90 Å². The standard InChI is InChI=1S/C18H21N7O/c1-13(2)25-11-15(21-22-25)18(26)7-5-8-23(12-18)17-14(10-19)24-9-4-3-6-16(24)20-17/h3-4,6,9,11,13,26H,5,7-8,12H2,1-2H3/t18-/m1/s1. The Balaban J connectivity index is 1.70. The highest BCUT2D eigenvalue weighted by Gasteiger charge is 2.39. The third-order valence-electron chi connectivity index (χ3n) is 4.90. The number of hydrogen-bond donors (Lipinski definition) is 1. The molecule has 0 bridgehead atoms. The van der Waals surface area contributed by atoms with Crippen LogP contribution in [0.3, 0.4) is 0 Å². The quantitative estimate of drug-likeness (QED) is 0.774. The first kappa shape index (κ1) is 16.5. The number of anilines is 1. The molecule has 4 rings (SSSR count). The van der Waals surface area contributed by atoms with Crippen LogP contribution in [0.15, 0.2) is 30.6 Å². The van der Waals surface area contributed by atoms with Gasteiger partial charge in [-0.25, -0.2) is 9.67 Å². The summed E-state index contributed by atoms with van der Waals surface area (Å²) in [5.74, 6) is 0.605. The molecule has 1 saturated heterocycles. The predicted molar refractivity (Wildman–Crippen MR) is 95.7 cm³/mol. The molecule has 1 fully saturated rings. The van der Waals surface area contributed by atoms with Crippen molar-refractivity contribution in [2.45, 2.75) is 38.3 Å². The molecule has 8 heteroatoms. The number of piperidine rings is 1. The molecule has 1 aliphatic heterocycles. The van der Waals surface area contributed by atoms with Crippen molar-refractivity contribution in [2.75, 3.05) is 18.0 Å². The fourth-order valence-corrected chi connectivity index (χ4v) is 3.48. The van der Waals surface area contributed by atoms with E-state index in [0.29, 0.717) is 30.2 Å². The summed E-state index contributed by atoms with van der Waals surface area (Å²) in [4.78, 5) is 6.59. The van der Waals surface area contributed by atoms with Gasteiger partial charge in [0.05, 0.1) is 12.7 Å². The molecule has 0 spiro atoms. The number of nitrogens with zero attached hydrogens (tertiary/aromatic N) is 7. The lowest BCUT2D eigenvalue weighted by atomic mass is 9.90. The zero-order chi connectivity index (χ0) is 18.3. The van der Waals surface area contributed by atoms with Crippen molar-refractivity contribution in [3.8, 4) is 6.07 Å². The minimum atomic E-state index is -1.10. The van der Waals surface area contributed by atoms with Crippen LogP contribution in [-0.4, -0.2) is 42.6 Å². The highest BCUT2D eigenvalue weighted by molar-refractivity contribution is 5.60. The first-order valence-corrected chi connectivity index (χ1v) is 8.79. The third-order valence-corrected chi connectivity index (χ3v) is 4.90. The Morgan fingerprint density at radius 3 is 2.92 bits per heavy atom. The number of fused-ring (bicyclic) bond motifs is 1. The lowest BCUT2D eigenvalue weighted by Crippen LogP contribution is -2.47. The zero-order valence-electron chi connectivity index (χ0n) is 14.9. The van der Waals surface area contributed by atoms with Crippen molar-refractivity contribution in [3.05, 3.63) is 42.0 Å². The average molecular weight is 351 g/mol. The smallest absolute Gasteiger partial charge is 0.169 e. The zero-order valence-corrected chi connectivity index (χ0v) is 14.9. The van der Waals surface area contributed by atoms with Gasteiger partial charge in [0.1, 0.15) is 23.0 Å². The largest absolute Gasteiger partial charge is 0.382 e. The maximum atomic E-state index is 11.2. The third kappa shape index (κ3) is 2.61. The second kappa shape index (κ2) is 6.11. The Morgan fingerprint density at radius 2 is 2.19 bits per heavy atom. The fraction of sp³-hybridized carbons (Fsp3) is 0.444. The minimum absolute atomic E-state index is 0.183. The molecule has 4 heterocycles. The molecule has 0 aromatic carbocycles. The summed E-state index contributed by atoms with van der Waals surface area (Å²) in [7, 11) is 0. The molecule has 134 valence electrons. The number of aromatic nitrogens is 5. The maximum absolute atomic E-state index is 11.2. The van der Waals surface area contributed by atoms with E-state index in [1.807, 2.05) is 49.3 Å². The number of β-amino-alcohol motifs (C(OH)–C–C–N with tert-alkyl or cyclic N) is 1. The van der Waals surface area contributed by atoms with Gasteiger partial charge in [-0.3, -0.25) is 4.40 Å². The van der Waals surface area contributed by atoms with E-state index in [1.165, 1.54) is 0 Å². The number of imidazole rings is 1. The Morgan fingerprint density at radius 1 is 1.35 bits per heavy atom. The molecule has 0 amide bonds. The van der Waals surface area contributed by atoms with Crippen molar-refractivity contribution >= 4 is 11.5 Å². The Labute approximate surface area is 151 Å². The number of hydrogen-bond acceptors (Lipinski definition) is 6. The van der Waals surface area contributed by atoms with Crippen LogP contribution in [0, 0.1) is 11.3 Å². The van der Waals surface area contributed by atoms with Crippen LogP contribution in [0.4, 0.5) is 5.82 Å². The highest BCUT2D eigenvalue weighted by atomic mass is 16.3. The average Bonchev–Trinajstić information content (AvgIpc) is 3.27. The summed E-state index contributed by atoms with van der Waals surface area (Å²) in [5, 5.41) is 29.2. The molecule has 26 heavy (non-hydrogen) atoms. The monoisotopic (exact) mass is 351 g/mol. The molecule has 3 aromatic rings. The van der Waals surface area contributed by atoms with E-state index >= 15 is 0 Å². The van der Waals surface area contributed by atoms with Crippen LogP contribution in [0.25, 0.3) is 5.65 Å². The van der Waals surface area contributed by atoms with Crippen LogP contribution in [-0.2, 0) is 5.60 Å². The van der Waals surface area contributed by atoms with Crippen molar-refractivity contribution in [3.63, 3.8) is 0 Å². The van der Waals surface area contributed by atoms with Gasteiger partial charge >= 0.3 is 0 Å². The SMILES string of the molecule is CC(C)n1cc([C@@]2(O)CCCN(c3nc4ccccn4c3C#N)C2)nn1. The van der Waals surface area contributed by atoms with Gasteiger partial charge in [0.25, 0.3) is 0 Å². The molecule has 0 aliphatic carbocycles. The van der Waals surface area contributed by atoms with Crippen LogP contribution in [0.5, 0.6) is 0 Å². The molecule has 0 unspecified atom stereocenters. The van der Waals surface area contributed by atoms with Crippen LogP contribution >= 0.6 is 0 Å². The molecule has 1 atom stereocenters. The van der Waals surface area contributed by atoms with Gasteiger partial charge in [-0.1, -0.05) is 11.3 Å². The number of pyridine rings is 1. The van der Waals surface area contributed by atoms with Crippen molar-refractivity contribution in [2.24, 2.45) is 0 Å². The van der Waals surface area contributed by atoms with E-state index in [4.69, 9.17) is 0 Å². The van der Waals surface area contributed by atoms with Crippen molar-refractivity contribution in [1.29, 1.82) is 5.26 Å². The molecular weight excluding hydrogens is 330 g/mol. The molecule has 1 aliphatic rings. The fourth-order valence-electron chi connectivity index (χ4n) is 3.48. The molecule has 8 nitrogen and oxygen atoms in total. The highest BCUT2D eigenvalue weighted by Crippen LogP contribution is 2.34. The van der Waals surface area contributed by atoms with Gasteiger partial charge in [0.2, 0.25) is 0 Å². The minimum Gasteiger partial charge on any atom is -0.382 e. The van der Waals surface area contributed by atoms with Gasteiger partial charge in [-0.15, -0.1) is 5.10 Å². The number of rotatable bonds is 3. The van der Waals surface area contributed by atoms with Gasteiger partial charge in [0, 0.05) is 18.8 Å². The lowest BCUT2D eigenvalue weighted by Gasteiger charge is -2.38. The van der Waals surface area contributed by atoms with Crippen molar-refractivity contribution < 1.29 is 5.11 Å². The Hall–Kier alpha value is -2.92. The number of aliphatic hydroxyl groups is 1. The van der Waals surface area contributed by atoms with E-state index in [2.05, 4.69) is 21.4 Å². The summed E-state index contributed by atoms with van der Waals surface area (Å²) in [6.07, 6.45) is 5.02. The molecule has 1 N–H and O–H groups in total. The first-order valence-electron chi connectivity index (χ1n) is 8.79. The molecule has 3 aromatic heterocycles. The van der Waals surface area contributed by atoms with Gasteiger partial charge in [-0.2, -0.15) is 5.26 Å². The molecule has 0 saturated carbocycles. The van der Waals surface area contributed by atoms with E-state index in [1.54, 1.807) is 9.08 Å².